The number of imidazole rings is 1. The summed E-state index contributed by atoms with van der Waals surface area (Å²) < 4.78 is 16.3. The van der Waals surface area contributed by atoms with Crippen LogP contribution in [0.15, 0.2) is 12.1 Å². The summed E-state index contributed by atoms with van der Waals surface area (Å²) in [5, 5.41) is 0. The molecule has 1 aromatic heterocycles. The Hall–Kier alpha value is -0.360. The summed E-state index contributed by atoms with van der Waals surface area (Å²) in [6.07, 6.45) is 3.39. The van der Waals surface area contributed by atoms with Gasteiger partial charge >= 0.3 is 0 Å². The maximum absolute atomic E-state index is 13.6. The third-order valence-corrected chi connectivity index (χ3v) is 4.04. The minimum Gasteiger partial charge on any atom is -0.327 e. The molecule has 1 heterocycles. The first-order valence-corrected chi connectivity index (χ1v) is 7.68. The molecule has 0 N–H and O–H groups in total. The first-order valence-electron chi connectivity index (χ1n) is 6.07. The maximum atomic E-state index is 13.6. The second-order valence-electron chi connectivity index (χ2n) is 4.28. The molecular weight excluding hydrogens is 366 g/mol. The molecule has 0 amide bonds. The van der Waals surface area contributed by atoms with Crippen molar-refractivity contribution in [2.75, 3.05) is 0 Å². The summed E-state index contributed by atoms with van der Waals surface area (Å²) in [6.45, 7) is 3.02. The van der Waals surface area contributed by atoms with E-state index in [1.54, 1.807) is 12.1 Å². The molecule has 0 spiro atoms. The second-order valence-corrected chi connectivity index (χ2v) is 5.70. The summed E-state index contributed by atoms with van der Waals surface area (Å²) in [5.41, 5.74) is 1.67. The lowest BCUT2D eigenvalue weighted by Gasteiger charge is -2.07. The monoisotopic (exact) mass is 380 g/mol. The molecule has 0 unspecified atom stereocenters. The molecule has 18 heavy (non-hydrogen) atoms. The lowest BCUT2D eigenvalue weighted by Crippen LogP contribution is -2.02. The number of hydrogen-bond donors (Lipinski definition) is 0. The van der Waals surface area contributed by atoms with Crippen LogP contribution in [-0.4, -0.2) is 9.55 Å². The Morgan fingerprint density at radius 2 is 2.17 bits per heavy atom. The minimum atomic E-state index is -0.194. The fraction of sp³-hybridized carbons (Fsp3) is 0.462. The van der Waals surface area contributed by atoms with E-state index < -0.39 is 0 Å². The molecule has 0 aliphatic heterocycles. The molecular formula is C13H15ClFIN2. The van der Waals surface area contributed by atoms with Crippen molar-refractivity contribution in [3.8, 4) is 0 Å². The van der Waals surface area contributed by atoms with Gasteiger partial charge in [-0.25, -0.2) is 9.37 Å². The number of benzene rings is 1. The van der Waals surface area contributed by atoms with Crippen LogP contribution in [0.4, 0.5) is 4.39 Å². The predicted molar refractivity (Wildman–Crippen MR) is 81.5 cm³/mol. The molecule has 2 nitrogen and oxygen atoms in total. The molecule has 2 rings (SSSR count). The smallest absolute Gasteiger partial charge is 0.138 e. The molecule has 0 saturated heterocycles. The summed E-state index contributed by atoms with van der Waals surface area (Å²) >= 11 is 7.90. The SMILES string of the molecule is CCCCCn1c(CCl)nc2cc(I)c(F)cc21. The topological polar surface area (TPSA) is 17.8 Å². The van der Waals surface area contributed by atoms with E-state index in [0.717, 1.165) is 42.7 Å². The molecule has 0 fully saturated rings. The molecule has 2 aromatic rings. The van der Waals surface area contributed by atoms with E-state index in [9.17, 15) is 4.39 Å². The fourth-order valence-corrected chi connectivity index (χ4v) is 2.70. The number of fused-ring (bicyclic) bond motifs is 1. The third kappa shape index (κ3) is 2.79. The van der Waals surface area contributed by atoms with Gasteiger partial charge in [0.25, 0.3) is 0 Å². The van der Waals surface area contributed by atoms with Gasteiger partial charge in [0, 0.05) is 12.6 Å². The number of halogens is 3. The summed E-state index contributed by atoms with van der Waals surface area (Å²) in [4.78, 5) is 4.47. The zero-order valence-electron chi connectivity index (χ0n) is 10.2. The summed E-state index contributed by atoms with van der Waals surface area (Å²) in [5.74, 6) is 0.990. The van der Waals surface area contributed by atoms with Crippen LogP contribution in [0.25, 0.3) is 11.0 Å². The molecule has 0 saturated carbocycles. The zero-order chi connectivity index (χ0) is 13.1. The van der Waals surface area contributed by atoms with E-state index in [4.69, 9.17) is 11.6 Å². The second kappa shape index (κ2) is 6.19. The van der Waals surface area contributed by atoms with Crippen molar-refractivity contribution in [2.24, 2.45) is 0 Å². The minimum absolute atomic E-state index is 0.194. The average Bonchev–Trinajstić information content (AvgIpc) is 2.68. The van der Waals surface area contributed by atoms with Crippen molar-refractivity contribution in [3.05, 3.63) is 27.3 Å². The highest BCUT2D eigenvalue weighted by Crippen LogP contribution is 2.23. The Balaban J connectivity index is 2.44. The summed E-state index contributed by atoms with van der Waals surface area (Å²) in [6, 6.07) is 3.34. The first-order chi connectivity index (χ1) is 8.67. The van der Waals surface area contributed by atoms with Gasteiger partial charge in [-0.1, -0.05) is 19.8 Å². The van der Waals surface area contributed by atoms with Crippen LogP contribution in [0.2, 0.25) is 0 Å². The van der Waals surface area contributed by atoms with Crippen molar-refractivity contribution in [2.45, 2.75) is 38.6 Å². The van der Waals surface area contributed by atoms with Crippen LogP contribution in [0.3, 0.4) is 0 Å². The molecule has 5 heteroatoms. The molecule has 0 atom stereocenters. The maximum Gasteiger partial charge on any atom is 0.138 e. The van der Waals surface area contributed by atoms with Gasteiger partial charge in [0.1, 0.15) is 11.6 Å². The molecule has 98 valence electrons. The number of hydrogen-bond acceptors (Lipinski definition) is 1. The number of alkyl halides is 1. The normalized spacial score (nSPS) is 11.3. The molecule has 0 aliphatic rings. The van der Waals surface area contributed by atoms with E-state index in [2.05, 4.69) is 11.9 Å². The third-order valence-electron chi connectivity index (χ3n) is 2.97. The molecule has 0 aliphatic carbocycles. The molecule has 0 radical (unpaired) electrons. The van der Waals surface area contributed by atoms with E-state index in [1.165, 1.54) is 0 Å². The largest absolute Gasteiger partial charge is 0.327 e. The highest BCUT2D eigenvalue weighted by atomic mass is 127. The van der Waals surface area contributed by atoms with Crippen LogP contribution in [-0.2, 0) is 12.4 Å². The van der Waals surface area contributed by atoms with E-state index in [-0.39, 0.29) is 5.82 Å². The zero-order valence-corrected chi connectivity index (χ0v) is 13.1. The van der Waals surface area contributed by atoms with Gasteiger partial charge in [0.15, 0.2) is 0 Å². The van der Waals surface area contributed by atoms with Crippen molar-refractivity contribution in [1.82, 2.24) is 9.55 Å². The van der Waals surface area contributed by atoms with Crippen LogP contribution < -0.4 is 0 Å². The van der Waals surface area contributed by atoms with Gasteiger partial charge in [0.05, 0.1) is 20.5 Å². The first kappa shape index (κ1) is 14.1. The average molecular weight is 381 g/mol. The van der Waals surface area contributed by atoms with Gasteiger partial charge in [-0.05, 0) is 35.1 Å². The van der Waals surface area contributed by atoms with E-state index in [0.29, 0.717) is 9.45 Å². The number of aryl methyl sites for hydroxylation is 1. The number of nitrogens with zero attached hydrogens (tertiary/aromatic N) is 2. The highest BCUT2D eigenvalue weighted by molar-refractivity contribution is 14.1. The van der Waals surface area contributed by atoms with Crippen molar-refractivity contribution in [3.63, 3.8) is 0 Å². The fourth-order valence-electron chi connectivity index (χ4n) is 2.04. The lowest BCUT2D eigenvalue weighted by atomic mass is 10.2. The van der Waals surface area contributed by atoms with Gasteiger partial charge in [0.2, 0.25) is 0 Å². The number of rotatable bonds is 5. The Kier molecular flexibility index (Phi) is 4.84. The van der Waals surface area contributed by atoms with Gasteiger partial charge in [-0.15, -0.1) is 11.6 Å². The van der Waals surface area contributed by atoms with Gasteiger partial charge < -0.3 is 4.57 Å². The standard InChI is InChI=1S/C13H15ClFIN2/c1-2-3-4-5-18-12-6-9(15)10(16)7-11(12)17-13(18)8-14/h6-7H,2-5,8H2,1H3. The van der Waals surface area contributed by atoms with Crippen molar-refractivity contribution in [1.29, 1.82) is 0 Å². The predicted octanol–water partition coefficient (Wildman–Crippen LogP) is 4.71. The Bertz CT molecular complexity index is 553. The van der Waals surface area contributed by atoms with Crippen LogP contribution in [0.1, 0.15) is 32.0 Å². The van der Waals surface area contributed by atoms with Gasteiger partial charge in [-0.2, -0.15) is 0 Å². The Morgan fingerprint density at radius 1 is 1.39 bits per heavy atom. The van der Waals surface area contributed by atoms with Crippen LogP contribution in [0, 0.1) is 9.39 Å². The van der Waals surface area contributed by atoms with E-state index >= 15 is 0 Å². The van der Waals surface area contributed by atoms with Gasteiger partial charge in [-0.3, -0.25) is 0 Å². The Labute approximate surface area is 125 Å². The lowest BCUT2D eigenvalue weighted by molar-refractivity contribution is 0.595. The molecule has 0 bridgehead atoms. The van der Waals surface area contributed by atoms with Crippen LogP contribution in [0.5, 0.6) is 0 Å². The molecule has 1 aromatic carbocycles. The number of aromatic nitrogens is 2. The Morgan fingerprint density at radius 3 is 2.83 bits per heavy atom. The van der Waals surface area contributed by atoms with Crippen molar-refractivity contribution < 1.29 is 4.39 Å². The van der Waals surface area contributed by atoms with Crippen LogP contribution >= 0.6 is 34.2 Å². The summed E-state index contributed by atoms with van der Waals surface area (Å²) in [7, 11) is 0. The quantitative estimate of drug-likeness (QED) is 0.417. The number of unbranched alkanes of at least 4 members (excludes halogenated alkanes) is 2. The van der Waals surface area contributed by atoms with Crippen molar-refractivity contribution >= 4 is 45.2 Å². The highest BCUT2D eigenvalue weighted by Gasteiger charge is 2.12. The van der Waals surface area contributed by atoms with E-state index in [1.807, 2.05) is 27.2 Å².